The van der Waals surface area contributed by atoms with E-state index in [1.807, 2.05) is 18.2 Å². The highest BCUT2D eigenvalue weighted by atomic mass is 32.2. The van der Waals surface area contributed by atoms with Crippen LogP contribution >= 0.6 is 19.4 Å². The van der Waals surface area contributed by atoms with E-state index in [9.17, 15) is 9.36 Å². The summed E-state index contributed by atoms with van der Waals surface area (Å²) in [7, 11) is -2.93. The van der Waals surface area contributed by atoms with E-state index in [1.165, 1.54) is 7.11 Å². The van der Waals surface area contributed by atoms with Crippen molar-refractivity contribution in [1.29, 1.82) is 0 Å². The van der Waals surface area contributed by atoms with Crippen LogP contribution in [0.4, 0.5) is 10.7 Å². The third-order valence-corrected chi connectivity index (χ3v) is 5.19. The summed E-state index contributed by atoms with van der Waals surface area (Å²) in [6, 6.07) is 5.66. The summed E-state index contributed by atoms with van der Waals surface area (Å²) in [6.45, 7) is 2.13. The SMILES string of the molecule is CCCSc1ccc2c(c1)nc(NC(=O)OC)n2CCP(=O)(O)O. The van der Waals surface area contributed by atoms with E-state index < -0.39 is 13.7 Å². The molecule has 0 saturated heterocycles. The molecule has 24 heavy (non-hydrogen) atoms. The monoisotopic (exact) mass is 373 g/mol. The maximum Gasteiger partial charge on any atom is 0.413 e. The minimum atomic E-state index is -4.17. The van der Waals surface area contributed by atoms with E-state index in [2.05, 4.69) is 22.0 Å². The molecule has 1 aromatic heterocycles. The quantitative estimate of drug-likeness (QED) is 0.505. The molecule has 0 unspecified atom stereocenters. The minimum absolute atomic E-state index is 0.0293. The van der Waals surface area contributed by atoms with Gasteiger partial charge in [-0.25, -0.2) is 9.78 Å². The number of thioether (sulfide) groups is 1. The average Bonchev–Trinajstić information content (AvgIpc) is 2.86. The van der Waals surface area contributed by atoms with E-state index in [-0.39, 0.29) is 18.7 Å². The number of carbonyl (C=O) groups excluding carboxylic acids is 1. The highest BCUT2D eigenvalue weighted by Gasteiger charge is 2.18. The van der Waals surface area contributed by atoms with Crippen LogP contribution in [0.1, 0.15) is 13.3 Å². The summed E-state index contributed by atoms with van der Waals surface area (Å²) in [5, 5.41) is 2.48. The predicted molar refractivity (Wildman–Crippen MR) is 93.7 cm³/mol. The van der Waals surface area contributed by atoms with E-state index in [0.717, 1.165) is 17.1 Å². The maximum absolute atomic E-state index is 11.5. The molecule has 0 aliphatic heterocycles. The number of fused-ring (bicyclic) bond motifs is 1. The molecule has 0 saturated carbocycles. The van der Waals surface area contributed by atoms with Gasteiger partial charge >= 0.3 is 13.7 Å². The number of benzene rings is 1. The average molecular weight is 373 g/mol. The van der Waals surface area contributed by atoms with Crippen molar-refractivity contribution in [3.05, 3.63) is 18.2 Å². The Morgan fingerprint density at radius 2 is 2.21 bits per heavy atom. The molecule has 0 aliphatic carbocycles. The molecule has 2 aromatic rings. The first-order chi connectivity index (χ1) is 11.3. The van der Waals surface area contributed by atoms with Crippen molar-refractivity contribution in [2.24, 2.45) is 0 Å². The largest absolute Gasteiger partial charge is 0.453 e. The van der Waals surface area contributed by atoms with Crippen molar-refractivity contribution in [3.63, 3.8) is 0 Å². The number of imidazole rings is 1. The fourth-order valence-corrected chi connectivity index (χ4v) is 3.37. The second-order valence-electron chi connectivity index (χ2n) is 5.09. The van der Waals surface area contributed by atoms with Gasteiger partial charge in [-0.15, -0.1) is 11.8 Å². The predicted octanol–water partition coefficient (Wildman–Crippen LogP) is 2.89. The number of aryl methyl sites for hydroxylation is 1. The molecule has 0 radical (unpaired) electrons. The molecule has 0 spiro atoms. The van der Waals surface area contributed by atoms with Crippen LogP contribution in [0.2, 0.25) is 0 Å². The van der Waals surface area contributed by atoms with Gasteiger partial charge in [-0.1, -0.05) is 6.92 Å². The van der Waals surface area contributed by atoms with Crippen molar-refractivity contribution >= 4 is 42.4 Å². The summed E-state index contributed by atoms with van der Waals surface area (Å²) in [4.78, 5) is 35.1. The van der Waals surface area contributed by atoms with Gasteiger partial charge in [-0.2, -0.15) is 0 Å². The Bertz CT molecular complexity index is 773. The fraction of sp³-hybridized carbons (Fsp3) is 0.429. The van der Waals surface area contributed by atoms with Crippen LogP contribution in [0.5, 0.6) is 0 Å². The van der Waals surface area contributed by atoms with Crippen LogP contribution in [-0.4, -0.2) is 44.5 Å². The number of methoxy groups -OCH3 is 1. The zero-order chi connectivity index (χ0) is 17.7. The Morgan fingerprint density at radius 3 is 2.83 bits per heavy atom. The van der Waals surface area contributed by atoms with Gasteiger partial charge in [0.15, 0.2) is 0 Å². The highest BCUT2D eigenvalue weighted by molar-refractivity contribution is 7.99. The van der Waals surface area contributed by atoms with Crippen molar-refractivity contribution in [2.45, 2.75) is 24.8 Å². The van der Waals surface area contributed by atoms with Gasteiger partial charge in [0.1, 0.15) is 0 Å². The number of rotatable bonds is 7. The number of hydrogen-bond donors (Lipinski definition) is 3. The van der Waals surface area contributed by atoms with Crippen LogP contribution in [0, 0.1) is 0 Å². The third-order valence-electron chi connectivity index (χ3n) is 3.21. The second-order valence-corrected chi connectivity index (χ2v) is 8.04. The lowest BCUT2D eigenvalue weighted by molar-refractivity contribution is 0.186. The number of hydrogen-bond acceptors (Lipinski definition) is 5. The Labute approximate surface area is 143 Å². The molecule has 3 N–H and O–H groups in total. The number of ether oxygens (including phenoxy) is 1. The van der Waals surface area contributed by atoms with E-state index >= 15 is 0 Å². The Kier molecular flexibility index (Phi) is 6.28. The van der Waals surface area contributed by atoms with Crippen LogP contribution in [0.15, 0.2) is 23.1 Å². The van der Waals surface area contributed by atoms with Gasteiger partial charge in [-0.3, -0.25) is 9.88 Å². The maximum atomic E-state index is 11.5. The molecule has 2 rings (SSSR count). The standard InChI is InChI=1S/C14H20N3O5PS/c1-3-8-24-10-4-5-12-11(9-10)15-13(16-14(18)22-2)17(12)6-7-23(19,20)21/h4-5,9H,3,6-8H2,1-2H3,(H,15,16,18)(H2,19,20,21). The molecule has 10 heteroatoms. The van der Waals surface area contributed by atoms with Gasteiger partial charge in [0.25, 0.3) is 0 Å². The first kappa shape index (κ1) is 18.8. The van der Waals surface area contributed by atoms with E-state index in [4.69, 9.17) is 9.79 Å². The first-order valence-corrected chi connectivity index (χ1v) is 10.1. The molecular formula is C14H20N3O5PS. The lowest BCUT2D eigenvalue weighted by Gasteiger charge is -2.10. The molecule has 132 valence electrons. The van der Waals surface area contributed by atoms with Crippen LogP contribution < -0.4 is 5.32 Å². The lowest BCUT2D eigenvalue weighted by atomic mass is 10.3. The molecular weight excluding hydrogens is 353 g/mol. The Morgan fingerprint density at radius 1 is 1.46 bits per heavy atom. The summed E-state index contributed by atoms with van der Waals surface area (Å²) in [5.41, 5.74) is 1.34. The zero-order valence-electron chi connectivity index (χ0n) is 13.4. The van der Waals surface area contributed by atoms with E-state index in [0.29, 0.717) is 11.0 Å². The summed E-state index contributed by atoms with van der Waals surface area (Å²) in [6.07, 6.45) is 0.0122. The topological polar surface area (TPSA) is 114 Å². The van der Waals surface area contributed by atoms with Gasteiger partial charge < -0.3 is 19.1 Å². The van der Waals surface area contributed by atoms with Crippen molar-refractivity contribution in [3.8, 4) is 0 Å². The fourth-order valence-electron chi connectivity index (χ4n) is 2.11. The smallest absolute Gasteiger partial charge is 0.413 e. The second kappa shape index (κ2) is 8.02. The molecule has 1 aromatic carbocycles. The van der Waals surface area contributed by atoms with Crippen molar-refractivity contribution < 1.29 is 23.9 Å². The molecule has 0 atom stereocenters. The third kappa shape index (κ3) is 4.98. The summed E-state index contributed by atoms with van der Waals surface area (Å²) >= 11 is 1.70. The van der Waals surface area contributed by atoms with Gasteiger partial charge in [0, 0.05) is 11.4 Å². The molecule has 0 bridgehead atoms. The lowest BCUT2D eigenvalue weighted by Crippen LogP contribution is -2.16. The number of nitrogens with zero attached hydrogens (tertiary/aromatic N) is 2. The number of aromatic nitrogens is 2. The molecule has 1 amide bonds. The number of nitrogens with one attached hydrogen (secondary N) is 1. The normalized spacial score (nSPS) is 11.7. The van der Waals surface area contributed by atoms with E-state index in [1.54, 1.807) is 16.3 Å². The Hall–Kier alpha value is -1.54. The molecule has 8 nitrogen and oxygen atoms in total. The highest BCUT2D eigenvalue weighted by Crippen LogP contribution is 2.35. The van der Waals surface area contributed by atoms with Gasteiger partial charge in [0.05, 0.1) is 24.3 Å². The van der Waals surface area contributed by atoms with Gasteiger partial charge in [0.2, 0.25) is 5.95 Å². The number of carbonyl (C=O) groups is 1. The molecule has 1 heterocycles. The van der Waals surface area contributed by atoms with Crippen LogP contribution in [-0.2, 0) is 15.8 Å². The zero-order valence-corrected chi connectivity index (χ0v) is 15.1. The van der Waals surface area contributed by atoms with Crippen molar-refractivity contribution in [2.75, 3.05) is 24.3 Å². The number of amides is 1. The first-order valence-electron chi connectivity index (χ1n) is 7.36. The van der Waals surface area contributed by atoms with Crippen LogP contribution in [0.3, 0.4) is 0 Å². The number of anilines is 1. The summed E-state index contributed by atoms with van der Waals surface area (Å²) < 4.78 is 17.3. The minimum Gasteiger partial charge on any atom is -0.453 e. The molecule has 0 fully saturated rings. The summed E-state index contributed by atoms with van der Waals surface area (Å²) in [5.74, 6) is 1.18. The Balaban J connectivity index is 2.39. The van der Waals surface area contributed by atoms with Crippen molar-refractivity contribution in [1.82, 2.24) is 9.55 Å². The van der Waals surface area contributed by atoms with Gasteiger partial charge in [-0.05, 0) is 30.4 Å². The van der Waals surface area contributed by atoms with Crippen LogP contribution in [0.25, 0.3) is 11.0 Å². The molecule has 0 aliphatic rings.